The zero-order valence-electron chi connectivity index (χ0n) is 14.0. The van der Waals surface area contributed by atoms with E-state index in [1.54, 1.807) is 52.0 Å². The van der Waals surface area contributed by atoms with Crippen molar-refractivity contribution >= 4 is 17.6 Å². The van der Waals surface area contributed by atoms with Crippen molar-refractivity contribution < 1.29 is 14.3 Å². The maximum Gasteiger partial charge on any atom is 0.338 e. The highest BCUT2D eigenvalue weighted by molar-refractivity contribution is 6.30. The fourth-order valence-corrected chi connectivity index (χ4v) is 2.59. The molecule has 0 radical (unpaired) electrons. The summed E-state index contributed by atoms with van der Waals surface area (Å²) in [5, 5.41) is 10.1. The summed E-state index contributed by atoms with van der Waals surface area (Å²) in [5.74, 6) is -0.890. The lowest BCUT2D eigenvalue weighted by molar-refractivity contribution is -0.150. The van der Waals surface area contributed by atoms with Crippen molar-refractivity contribution in [3.63, 3.8) is 0 Å². The molecule has 0 aliphatic carbocycles. The second kappa shape index (κ2) is 6.58. The Bertz CT molecular complexity index is 765. The van der Waals surface area contributed by atoms with Crippen LogP contribution in [0.25, 0.3) is 0 Å². The number of halogens is 1. The molecule has 2 rings (SSSR count). The zero-order valence-corrected chi connectivity index (χ0v) is 14.8. The summed E-state index contributed by atoms with van der Waals surface area (Å²) >= 11 is 5.93. The number of carbonyl (C=O) groups is 1. The molecule has 1 unspecified atom stereocenters. The molecule has 1 atom stereocenters. The van der Waals surface area contributed by atoms with Gasteiger partial charge in [-0.2, -0.15) is 5.26 Å². The van der Waals surface area contributed by atoms with Crippen LogP contribution in [0.1, 0.15) is 39.2 Å². The third-order valence-corrected chi connectivity index (χ3v) is 3.68. The first-order valence-corrected chi connectivity index (χ1v) is 7.79. The summed E-state index contributed by atoms with van der Waals surface area (Å²) in [5.41, 5.74) is 6.32. The Morgan fingerprint density at radius 1 is 1.33 bits per heavy atom. The van der Waals surface area contributed by atoms with Crippen LogP contribution in [0.4, 0.5) is 0 Å². The first-order valence-electron chi connectivity index (χ1n) is 7.41. The van der Waals surface area contributed by atoms with Crippen molar-refractivity contribution in [1.29, 1.82) is 5.26 Å². The number of nitriles is 1. The molecule has 0 amide bonds. The van der Waals surface area contributed by atoms with Gasteiger partial charge in [-0.15, -0.1) is 0 Å². The number of nitrogens with zero attached hydrogens (tertiary/aromatic N) is 1. The summed E-state index contributed by atoms with van der Waals surface area (Å²) in [7, 11) is 0. The molecule has 1 aliphatic rings. The van der Waals surface area contributed by atoms with Crippen LogP contribution < -0.4 is 5.73 Å². The van der Waals surface area contributed by atoms with Crippen LogP contribution in [0, 0.1) is 11.3 Å². The standard InChI is InChI=1S/C18H19ClN2O3/c1-10-14(17(22)24-18(2,3)4)15(13(9-20)16(21)23-10)11-5-7-12(19)8-6-11/h5-8,15H,21H2,1-4H3. The number of hydrogen-bond acceptors (Lipinski definition) is 5. The van der Waals surface area contributed by atoms with Crippen molar-refractivity contribution in [1.82, 2.24) is 0 Å². The monoisotopic (exact) mass is 346 g/mol. The van der Waals surface area contributed by atoms with E-state index in [9.17, 15) is 10.1 Å². The summed E-state index contributed by atoms with van der Waals surface area (Å²) < 4.78 is 10.9. The maximum absolute atomic E-state index is 12.7. The molecule has 1 heterocycles. The Hall–Kier alpha value is -2.45. The van der Waals surface area contributed by atoms with E-state index in [1.807, 2.05) is 6.07 Å². The van der Waals surface area contributed by atoms with Crippen molar-refractivity contribution in [3.05, 3.63) is 57.6 Å². The zero-order chi connectivity index (χ0) is 18.1. The van der Waals surface area contributed by atoms with Crippen molar-refractivity contribution in [2.45, 2.75) is 39.2 Å². The lowest BCUT2D eigenvalue weighted by Crippen LogP contribution is -2.30. The van der Waals surface area contributed by atoms with E-state index in [0.717, 1.165) is 0 Å². The van der Waals surface area contributed by atoms with Gasteiger partial charge in [-0.1, -0.05) is 23.7 Å². The van der Waals surface area contributed by atoms with Crippen molar-refractivity contribution in [2.75, 3.05) is 0 Å². The minimum absolute atomic E-state index is 0.0118. The average molecular weight is 347 g/mol. The number of nitrogens with two attached hydrogens (primary N) is 1. The number of esters is 1. The SMILES string of the molecule is CC1=C(C(=O)OC(C)(C)C)C(c2ccc(Cl)cc2)C(C#N)=C(N)O1. The van der Waals surface area contributed by atoms with Gasteiger partial charge < -0.3 is 15.2 Å². The lowest BCUT2D eigenvalue weighted by Gasteiger charge is -2.29. The minimum atomic E-state index is -0.672. The van der Waals surface area contributed by atoms with Gasteiger partial charge in [-0.3, -0.25) is 0 Å². The Labute approximate surface area is 146 Å². The molecule has 1 aromatic carbocycles. The number of rotatable bonds is 2. The molecule has 0 bridgehead atoms. The fraction of sp³-hybridized carbons (Fsp3) is 0.333. The Balaban J connectivity index is 2.57. The molecule has 0 spiro atoms. The topological polar surface area (TPSA) is 85.3 Å². The third kappa shape index (κ3) is 3.72. The molecule has 0 saturated carbocycles. The van der Waals surface area contributed by atoms with Gasteiger partial charge in [0.25, 0.3) is 0 Å². The van der Waals surface area contributed by atoms with Crippen LogP contribution >= 0.6 is 11.6 Å². The molecule has 0 fully saturated rings. The number of ether oxygens (including phenoxy) is 2. The molecule has 2 N–H and O–H groups in total. The first-order chi connectivity index (χ1) is 11.1. The van der Waals surface area contributed by atoms with E-state index in [0.29, 0.717) is 16.3 Å². The first kappa shape index (κ1) is 17.9. The van der Waals surface area contributed by atoms with E-state index >= 15 is 0 Å². The summed E-state index contributed by atoms with van der Waals surface area (Å²) in [6.07, 6.45) is 0. The van der Waals surface area contributed by atoms with Crippen LogP contribution in [-0.4, -0.2) is 11.6 Å². The third-order valence-electron chi connectivity index (χ3n) is 3.43. The van der Waals surface area contributed by atoms with Crippen LogP contribution in [0.5, 0.6) is 0 Å². The lowest BCUT2D eigenvalue weighted by atomic mass is 9.83. The average Bonchev–Trinajstić information content (AvgIpc) is 2.45. The van der Waals surface area contributed by atoms with E-state index in [1.165, 1.54) is 0 Å². The Morgan fingerprint density at radius 3 is 2.42 bits per heavy atom. The van der Waals surface area contributed by atoms with Crippen LogP contribution in [0.15, 0.2) is 47.1 Å². The van der Waals surface area contributed by atoms with Gasteiger partial charge in [-0.05, 0) is 45.4 Å². The predicted octanol–water partition coefficient (Wildman–Crippen LogP) is 3.76. The summed E-state index contributed by atoms with van der Waals surface area (Å²) in [6, 6.07) is 8.93. The quantitative estimate of drug-likeness (QED) is 0.824. The number of allylic oxidation sites excluding steroid dienone is 2. The number of benzene rings is 1. The Morgan fingerprint density at radius 2 is 1.92 bits per heavy atom. The van der Waals surface area contributed by atoms with Gasteiger partial charge in [-0.25, -0.2) is 4.79 Å². The van der Waals surface area contributed by atoms with E-state index in [-0.39, 0.29) is 17.0 Å². The molecule has 0 aromatic heterocycles. The van der Waals surface area contributed by atoms with E-state index in [2.05, 4.69) is 0 Å². The molecule has 1 aromatic rings. The molecular weight excluding hydrogens is 328 g/mol. The van der Waals surface area contributed by atoms with Gasteiger partial charge in [0.2, 0.25) is 5.88 Å². The molecule has 0 saturated heterocycles. The summed E-state index contributed by atoms with van der Waals surface area (Å²) in [6.45, 7) is 6.95. The highest BCUT2D eigenvalue weighted by Crippen LogP contribution is 2.40. The molecule has 1 aliphatic heterocycles. The van der Waals surface area contributed by atoms with Gasteiger partial charge in [0.15, 0.2) is 0 Å². The fourth-order valence-electron chi connectivity index (χ4n) is 2.47. The van der Waals surface area contributed by atoms with Crippen molar-refractivity contribution in [2.24, 2.45) is 5.73 Å². The second-order valence-corrected chi connectivity index (χ2v) is 6.88. The minimum Gasteiger partial charge on any atom is -0.456 e. The molecule has 126 valence electrons. The van der Waals surface area contributed by atoms with Gasteiger partial charge in [0, 0.05) is 5.02 Å². The molecular formula is C18H19ClN2O3. The molecule has 6 heteroatoms. The molecule has 24 heavy (non-hydrogen) atoms. The summed E-state index contributed by atoms with van der Waals surface area (Å²) in [4.78, 5) is 12.7. The van der Waals surface area contributed by atoms with Gasteiger partial charge >= 0.3 is 5.97 Å². The van der Waals surface area contributed by atoms with Crippen LogP contribution in [0.3, 0.4) is 0 Å². The second-order valence-electron chi connectivity index (χ2n) is 6.45. The highest BCUT2D eigenvalue weighted by atomic mass is 35.5. The van der Waals surface area contributed by atoms with Crippen LogP contribution in [-0.2, 0) is 14.3 Å². The Kier molecular flexibility index (Phi) is 4.91. The number of hydrogen-bond donors (Lipinski definition) is 1. The highest BCUT2D eigenvalue weighted by Gasteiger charge is 2.37. The number of carbonyl (C=O) groups excluding carboxylic acids is 1. The van der Waals surface area contributed by atoms with Crippen LogP contribution in [0.2, 0.25) is 5.02 Å². The molecule has 5 nitrogen and oxygen atoms in total. The smallest absolute Gasteiger partial charge is 0.338 e. The van der Waals surface area contributed by atoms with Crippen molar-refractivity contribution in [3.8, 4) is 6.07 Å². The predicted molar refractivity (Wildman–Crippen MR) is 90.6 cm³/mol. The van der Waals surface area contributed by atoms with Gasteiger partial charge in [0.05, 0.1) is 11.5 Å². The van der Waals surface area contributed by atoms with E-state index < -0.39 is 17.5 Å². The normalized spacial score (nSPS) is 18.1. The maximum atomic E-state index is 12.7. The van der Waals surface area contributed by atoms with E-state index in [4.69, 9.17) is 26.8 Å². The van der Waals surface area contributed by atoms with Gasteiger partial charge in [0.1, 0.15) is 23.0 Å². The largest absolute Gasteiger partial charge is 0.456 e.